The highest BCUT2D eigenvalue weighted by molar-refractivity contribution is 6.42. The highest BCUT2D eigenvalue weighted by atomic mass is 16.5. The van der Waals surface area contributed by atoms with Gasteiger partial charge in [0.05, 0.1) is 12.1 Å². The van der Waals surface area contributed by atoms with Crippen molar-refractivity contribution >= 4 is 35.5 Å². The van der Waals surface area contributed by atoms with Gasteiger partial charge in [-0.1, -0.05) is 67.1 Å². The van der Waals surface area contributed by atoms with Crippen LogP contribution in [0.5, 0.6) is 0 Å². The number of fused-ring (bicyclic) bond motifs is 1. The molecule has 216 valence electrons. The Bertz CT molecular complexity index is 1480. The van der Waals surface area contributed by atoms with Gasteiger partial charge in [-0.05, 0) is 60.9 Å². The van der Waals surface area contributed by atoms with Gasteiger partial charge < -0.3 is 20.7 Å². The fourth-order valence-electron chi connectivity index (χ4n) is 5.57. The van der Waals surface area contributed by atoms with Crippen molar-refractivity contribution in [2.24, 2.45) is 10.7 Å². The number of benzene rings is 3. The first-order valence-corrected chi connectivity index (χ1v) is 14.3. The van der Waals surface area contributed by atoms with E-state index >= 15 is 0 Å². The fourth-order valence-corrected chi connectivity index (χ4v) is 5.57. The molecular formula is C33H35N5O4. The van der Waals surface area contributed by atoms with Crippen LogP contribution in [0.3, 0.4) is 0 Å². The van der Waals surface area contributed by atoms with Crippen molar-refractivity contribution in [1.82, 2.24) is 10.2 Å². The maximum absolute atomic E-state index is 14.0. The predicted octanol–water partition coefficient (Wildman–Crippen LogP) is 4.81. The predicted molar refractivity (Wildman–Crippen MR) is 161 cm³/mol. The van der Waals surface area contributed by atoms with E-state index < -0.39 is 18.0 Å². The Kier molecular flexibility index (Phi) is 9.06. The van der Waals surface area contributed by atoms with Gasteiger partial charge in [0.1, 0.15) is 23.8 Å². The number of hydrogen-bond donors (Lipinski definition) is 3. The van der Waals surface area contributed by atoms with Crippen LogP contribution in [0, 0.1) is 5.41 Å². The first-order valence-electron chi connectivity index (χ1n) is 14.3. The van der Waals surface area contributed by atoms with Crippen molar-refractivity contribution in [1.29, 1.82) is 5.41 Å². The average molecular weight is 566 g/mol. The van der Waals surface area contributed by atoms with Gasteiger partial charge in [-0.15, -0.1) is 0 Å². The van der Waals surface area contributed by atoms with Crippen molar-refractivity contribution in [3.05, 3.63) is 89.5 Å². The van der Waals surface area contributed by atoms with Gasteiger partial charge in [0.2, 0.25) is 6.41 Å². The van der Waals surface area contributed by atoms with Crippen molar-refractivity contribution in [3.63, 3.8) is 0 Å². The lowest BCUT2D eigenvalue weighted by Gasteiger charge is -2.31. The Morgan fingerprint density at radius 2 is 1.74 bits per heavy atom. The highest BCUT2D eigenvalue weighted by Crippen LogP contribution is 2.36. The number of hydrogen-bond acceptors (Lipinski definition) is 6. The summed E-state index contributed by atoms with van der Waals surface area (Å²) in [6.45, 7) is 0.294. The smallest absolute Gasteiger partial charge is 0.312 e. The molecule has 3 aromatic rings. The quantitative estimate of drug-likeness (QED) is 0.140. The first-order chi connectivity index (χ1) is 20.4. The molecule has 42 heavy (non-hydrogen) atoms. The van der Waals surface area contributed by atoms with Gasteiger partial charge in [0.15, 0.2) is 0 Å². The number of nitrogens with two attached hydrogens (primary N) is 1. The Labute approximate surface area is 245 Å². The molecule has 0 radical (unpaired) electrons. The third-order valence-electron chi connectivity index (χ3n) is 7.80. The van der Waals surface area contributed by atoms with E-state index in [1.54, 1.807) is 23.1 Å². The summed E-state index contributed by atoms with van der Waals surface area (Å²) >= 11 is 0. The van der Waals surface area contributed by atoms with Crippen LogP contribution in [0.2, 0.25) is 0 Å². The summed E-state index contributed by atoms with van der Waals surface area (Å²) in [6.07, 6.45) is 4.79. The monoisotopic (exact) mass is 565 g/mol. The third-order valence-corrected chi connectivity index (χ3v) is 7.80. The molecule has 9 heteroatoms. The summed E-state index contributed by atoms with van der Waals surface area (Å²) in [5, 5.41) is 10.5. The van der Waals surface area contributed by atoms with Crippen LogP contribution in [0.25, 0.3) is 11.1 Å². The van der Waals surface area contributed by atoms with E-state index in [-0.39, 0.29) is 24.1 Å². The molecule has 1 atom stereocenters. The van der Waals surface area contributed by atoms with E-state index in [0.717, 1.165) is 48.8 Å². The Morgan fingerprint density at radius 1 is 1.02 bits per heavy atom. The molecular weight excluding hydrogens is 530 g/mol. The molecule has 1 heterocycles. The molecule has 3 aromatic carbocycles. The van der Waals surface area contributed by atoms with E-state index in [1.165, 1.54) is 0 Å². The summed E-state index contributed by atoms with van der Waals surface area (Å²) in [6, 6.07) is 22.6. The molecule has 0 spiro atoms. The molecule has 2 amide bonds. The lowest BCUT2D eigenvalue weighted by atomic mass is 9.98. The van der Waals surface area contributed by atoms with Crippen LogP contribution in [-0.4, -0.2) is 47.4 Å². The van der Waals surface area contributed by atoms with Gasteiger partial charge in [-0.2, -0.15) is 0 Å². The highest BCUT2D eigenvalue weighted by Gasteiger charge is 2.34. The first kappa shape index (κ1) is 28.7. The lowest BCUT2D eigenvalue weighted by Crippen LogP contribution is -2.45. The van der Waals surface area contributed by atoms with E-state index in [2.05, 4.69) is 10.3 Å². The van der Waals surface area contributed by atoms with Gasteiger partial charge in [0.25, 0.3) is 5.91 Å². The molecule has 1 aliphatic heterocycles. The fraction of sp³-hybridized carbons (Fsp3) is 0.303. The van der Waals surface area contributed by atoms with Crippen LogP contribution in [0.4, 0.5) is 5.69 Å². The molecule has 1 aliphatic carbocycles. The topological polar surface area (TPSA) is 138 Å². The molecule has 0 bridgehead atoms. The summed E-state index contributed by atoms with van der Waals surface area (Å²) in [7, 11) is 0. The molecule has 1 unspecified atom stereocenters. The van der Waals surface area contributed by atoms with Gasteiger partial charge in [-0.25, -0.2) is 4.99 Å². The van der Waals surface area contributed by atoms with E-state index in [9.17, 15) is 14.4 Å². The number of carbonyl (C=O) groups excluding carboxylic acids is 3. The minimum atomic E-state index is -0.805. The maximum atomic E-state index is 14.0. The number of nitrogen functional groups attached to an aromatic ring is 1. The number of amidine groups is 1. The second-order valence-corrected chi connectivity index (χ2v) is 10.7. The number of rotatable bonds is 10. The third kappa shape index (κ3) is 6.74. The number of carbonyl (C=O) groups is 3. The molecule has 0 saturated heterocycles. The molecule has 4 N–H and O–H groups in total. The number of nitrogens with one attached hydrogen (secondary N) is 2. The average Bonchev–Trinajstić information content (AvgIpc) is 3.11. The molecule has 2 aliphatic rings. The van der Waals surface area contributed by atoms with Crippen molar-refractivity contribution in [3.8, 4) is 11.1 Å². The van der Waals surface area contributed by atoms with Gasteiger partial charge in [-0.3, -0.25) is 19.8 Å². The van der Waals surface area contributed by atoms with Crippen LogP contribution >= 0.6 is 0 Å². The number of esters is 1. The maximum Gasteiger partial charge on any atom is 0.312 e. The minimum absolute atomic E-state index is 0.0184. The summed E-state index contributed by atoms with van der Waals surface area (Å²) < 4.78 is 5.73. The zero-order chi connectivity index (χ0) is 29.5. The molecule has 9 nitrogen and oxygen atoms in total. The number of aliphatic imine (C=N–C) groups is 1. The van der Waals surface area contributed by atoms with E-state index in [1.807, 2.05) is 54.6 Å². The normalized spacial score (nSPS) is 17.0. The number of amides is 2. The van der Waals surface area contributed by atoms with Crippen molar-refractivity contribution < 1.29 is 19.1 Å². The molecule has 1 fully saturated rings. The van der Waals surface area contributed by atoms with Crippen molar-refractivity contribution in [2.45, 2.75) is 57.2 Å². The second kappa shape index (κ2) is 13.2. The van der Waals surface area contributed by atoms with Gasteiger partial charge >= 0.3 is 5.97 Å². The van der Waals surface area contributed by atoms with Crippen LogP contribution in [-0.2, 0) is 25.5 Å². The lowest BCUT2D eigenvalue weighted by molar-refractivity contribution is -0.149. The van der Waals surface area contributed by atoms with Crippen LogP contribution < -0.4 is 11.1 Å². The summed E-state index contributed by atoms with van der Waals surface area (Å²) in [4.78, 5) is 45.1. The summed E-state index contributed by atoms with van der Waals surface area (Å²) in [5.74, 6) is -0.910. The molecule has 0 aromatic heterocycles. The van der Waals surface area contributed by atoms with Crippen LogP contribution in [0.1, 0.15) is 61.4 Å². The Morgan fingerprint density at radius 3 is 2.43 bits per heavy atom. The van der Waals surface area contributed by atoms with Crippen molar-refractivity contribution in [2.75, 3.05) is 6.54 Å². The standard InChI is InChI=1S/C33H35N5O4/c34-31(35)24-13-11-23(12-14-24)25-15-16-28-27(19-25)32(36-21-39)38(18-17-22-7-3-1-4-8-22)33(41)29(37-28)20-30(40)42-26-9-5-2-6-10-26/h1,3-4,7-8,11-16,19,21,26,32H,2,5-6,9-10,17-18,20H2,(H3,34,35)(H,36,39). The Hall–Kier alpha value is -4.79. The largest absolute Gasteiger partial charge is 0.462 e. The minimum Gasteiger partial charge on any atom is -0.462 e. The SMILES string of the molecule is N=C(N)c1ccc(-c2ccc3c(c2)C(NC=O)N(CCc2ccccc2)C(=O)C(CC(=O)OC2CCCCC2)=N3)cc1. The Balaban J connectivity index is 1.50. The zero-order valence-corrected chi connectivity index (χ0v) is 23.4. The number of nitrogens with zero attached hydrogens (tertiary/aromatic N) is 2. The summed E-state index contributed by atoms with van der Waals surface area (Å²) in [5.41, 5.74) is 10.2. The van der Waals surface area contributed by atoms with E-state index in [4.69, 9.17) is 15.9 Å². The molecule has 5 rings (SSSR count). The van der Waals surface area contributed by atoms with Crippen LogP contribution in [0.15, 0.2) is 77.8 Å². The zero-order valence-electron chi connectivity index (χ0n) is 23.4. The molecule has 1 saturated carbocycles. The number of ether oxygens (including phenoxy) is 1. The van der Waals surface area contributed by atoms with E-state index in [0.29, 0.717) is 36.2 Å². The van der Waals surface area contributed by atoms with Gasteiger partial charge in [0, 0.05) is 17.7 Å². The second-order valence-electron chi connectivity index (χ2n) is 10.7.